The number of hydrogen-bond acceptors (Lipinski definition) is 4. The molecule has 0 heterocycles. The molecule has 1 aromatic rings. The van der Waals surface area contributed by atoms with E-state index in [1.165, 1.54) is 36.1 Å². The summed E-state index contributed by atoms with van der Waals surface area (Å²) < 4.78 is 11.1. The van der Waals surface area contributed by atoms with Crippen LogP contribution in [0, 0.1) is 6.92 Å². The van der Waals surface area contributed by atoms with Crippen LogP contribution >= 0.6 is 0 Å². The second-order valence-electron chi connectivity index (χ2n) is 9.79. The van der Waals surface area contributed by atoms with E-state index in [2.05, 4.69) is 65.8 Å². The summed E-state index contributed by atoms with van der Waals surface area (Å²) in [6, 6.07) is 1.69. The van der Waals surface area contributed by atoms with Gasteiger partial charge >= 0.3 is 11.9 Å². The Bertz CT molecular complexity index is 933. The highest BCUT2D eigenvalue weighted by molar-refractivity contribution is 5.73. The highest BCUT2D eigenvalue weighted by atomic mass is 16.5. The summed E-state index contributed by atoms with van der Waals surface area (Å²) in [6.45, 7) is 17.5. The smallest absolute Gasteiger partial charge is 0.308 e. The first-order chi connectivity index (χ1) is 16.4. The van der Waals surface area contributed by atoms with Crippen molar-refractivity contribution in [2.75, 3.05) is 0 Å². The van der Waals surface area contributed by atoms with Crippen LogP contribution in [0.1, 0.15) is 97.8 Å². The van der Waals surface area contributed by atoms with Gasteiger partial charge in [-0.05, 0) is 92.6 Å². The van der Waals surface area contributed by atoms with Gasteiger partial charge in [-0.25, -0.2) is 0 Å². The van der Waals surface area contributed by atoms with E-state index in [-0.39, 0.29) is 0 Å². The zero-order valence-corrected chi connectivity index (χ0v) is 23.3. The number of esters is 2. The van der Waals surface area contributed by atoms with Crippen molar-refractivity contribution in [1.82, 2.24) is 0 Å². The Morgan fingerprint density at radius 1 is 0.657 bits per heavy atom. The zero-order valence-electron chi connectivity index (χ0n) is 23.3. The van der Waals surface area contributed by atoms with Crippen LogP contribution < -0.4 is 9.47 Å². The van der Waals surface area contributed by atoms with E-state index < -0.39 is 11.9 Å². The molecule has 0 N–H and O–H groups in total. The van der Waals surface area contributed by atoms with Crippen molar-refractivity contribution >= 4 is 11.9 Å². The van der Waals surface area contributed by atoms with Crippen LogP contribution in [-0.4, -0.2) is 11.9 Å². The Morgan fingerprint density at radius 3 is 1.34 bits per heavy atom. The van der Waals surface area contributed by atoms with Gasteiger partial charge in [0, 0.05) is 31.0 Å². The van der Waals surface area contributed by atoms with Crippen LogP contribution in [0.15, 0.2) is 52.7 Å². The number of benzene rings is 1. The van der Waals surface area contributed by atoms with Crippen LogP contribution in [0.3, 0.4) is 0 Å². The van der Waals surface area contributed by atoms with Crippen LogP contribution in [0.2, 0.25) is 0 Å². The van der Waals surface area contributed by atoms with E-state index in [1.807, 2.05) is 6.92 Å². The van der Waals surface area contributed by atoms with E-state index in [4.69, 9.17) is 9.47 Å². The molecule has 1 aromatic carbocycles. The molecule has 1 rings (SSSR count). The topological polar surface area (TPSA) is 52.6 Å². The second kappa shape index (κ2) is 15.2. The molecule has 0 amide bonds. The van der Waals surface area contributed by atoms with E-state index in [9.17, 15) is 9.59 Å². The summed E-state index contributed by atoms with van der Waals surface area (Å²) in [5.74, 6) is 0.109. The Balaban J connectivity index is 3.38. The lowest BCUT2D eigenvalue weighted by atomic mass is 9.94. The van der Waals surface area contributed by atoms with Gasteiger partial charge in [0.15, 0.2) is 0 Å². The minimum atomic E-state index is -0.397. The number of allylic oxidation sites excluding steroid dienone is 8. The van der Waals surface area contributed by atoms with E-state index in [1.54, 1.807) is 6.07 Å². The van der Waals surface area contributed by atoms with Gasteiger partial charge in [-0.1, -0.05) is 46.6 Å². The largest absolute Gasteiger partial charge is 0.426 e. The molecule has 0 spiro atoms. The molecule has 0 saturated carbocycles. The molecule has 0 radical (unpaired) electrons. The maximum absolute atomic E-state index is 11.8. The first-order valence-corrected chi connectivity index (χ1v) is 12.5. The van der Waals surface area contributed by atoms with Crippen LogP contribution in [-0.2, 0) is 22.4 Å². The molecule has 0 aliphatic heterocycles. The Labute approximate surface area is 212 Å². The maximum atomic E-state index is 11.8. The van der Waals surface area contributed by atoms with Crippen LogP contribution in [0.4, 0.5) is 0 Å². The number of hydrogen-bond donors (Lipinski definition) is 0. The fourth-order valence-corrected chi connectivity index (χ4v) is 3.78. The minimum absolute atomic E-state index is 0.397. The Hall–Kier alpha value is -2.88. The van der Waals surface area contributed by atoms with E-state index in [0.29, 0.717) is 24.3 Å². The van der Waals surface area contributed by atoms with Gasteiger partial charge in [-0.15, -0.1) is 0 Å². The average molecular weight is 481 g/mol. The van der Waals surface area contributed by atoms with Gasteiger partial charge in [-0.3, -0.25) is 9.59 Å². The summed E-state index contributed by atoms with van der Waals surface area (Å²) in [7, 11) is 0. The quantitative estimate of drug-likeness (QED) is 0.171. The minimum Gasteiger partial charge on any atom is -0.426 e. The number of ether oxygens (including phenoxy) is 2. The number of rotatable bonds is 12. The van der Waals surface area contributed by atoms with Gasteiger partial charge in [-0.2, -0.15) is 0 Å². The summed E-state index contributed by atoms with van der Waals surface area (Å²) in [5, 5.41) is 0. The highest BCUT2D eigenvalue weighted by Gasteiger charge is 2.19. The number of carbonyl (C=O) groups excluding carboxylic acids is 2. The monoisotopic (exact) mass is 480 g/mol. The van der Waals surface area contributed by atoms with Crippen molar-refractivity contribution < 1.29 is 19.1 Å². The summed E-state index contributed by atoms with van der Waals surface area (Å²) in [5.41, 5.74) is 8.10. The van der Waals surface area contributed by atoms with Crippen molar-refractivity contribution in [3.05, 3.63) is 69.4 Å². The van der Waals surface area contributed by atoms with Gasteiger partial charge in [0.2, 0.25) is 0 Å². The molecule has 0 aromatic heterocycles. The maximum Gasteiger partial charge on any atom is 0.308 e. The SMILES string of the molecule is CC(=O)Oc1cc(OC(C)=O)c(C/C=C(\C)CCC=C(C)C)c(C)c1C/C=C(\C)CCC=C(C)C. The van der Waals surface area contributed by atoms with Gasteiger partial charge in [0.25, 0.3) is 0 Å². The second-order valence-corrected chi connectivity index (χ2v) is 9.79. The molecule has 0 unspecified atom stereocenters. The summed E-state index contributed by atoms with van der Waals surface area (Å²) >= 11 is 0. The summed E-state index contributed by atoms with van der Waals surface area (Å²) in [4.78, 5) is 23.7. The van der Waals surface area contributed by atoms with Gasteiger partial charge in [0.05, 0.1) is 0 Å². The normalized spacial score (nSPS) is 11.7. The zero-order chi connectivity index (χ0) is 26.5. The van der Waals surface area contributed by atoms with Crippen molar-refractivity contribution in [3.63, 3.8) is 0 Å². The number of carbonyl (C=O) groups is 2. The first kappa shape index (κ1) is 30.2. The van der Waals surface area contributed by atoms with Crippen molar-refractivity contribution in [1.29, 1.82) is 0 Å². The molecule has 0 saturated heterocycles. The molecule has 0 fully saturated rings. The molecule has 0 aliphatic rings. The third kappa shape index (κ3) is 11.9. The predicted molar refractivity (Wildman–Crippen MR) is 146 cm³/mol. The van der Waals surface area contributed by atoms with Crippen molar-refractivity contribution in [3.8, 4) is 11.5 Å². The van der Waals surface area contributed by atoms with E-state index >= 15 is 0 Å². The van der Waals surface area contributed by atoms with Crippen molar-refractivity contribution in [2.45, 2.75) is 101 Å². The lowest BCUT2D eigenvalue weighted by Gasteiger charge is -2.18. The third-order valence-electron chi connectivity index (χ3n) is 5.76. The molecule has 4 heteroatoms. The lowest BCUT2D eigenvalue weighted by molar-refractivity contribution is -0.132. The molecule has 192 valence electrons. The van der Waals surface area contributed by atoms with Crippen LogP contribution in [0.25, 0.3) is 0 Å². The standard InChI is InChI=1S/C31H44O4/c1-21(2)12-10-14-23(5)16-18-28-25(7)29(19-17-24(6)15-11-13-22(3)4)31(35-27(9)33)20-30(28)34-26(8)32/h12-13,16-17,20H,10-11,14-15,18-19H2,1-9H3/b23-16+,24-17+. The molecular weight excluding hydrogens is 436 g/mol. The predicted octanol–water partition coefficient (Wildman–Crippen LogP) is 8.32. The molecule has 35 heavy (non-hydrogen) atoms. The Morgan fingerprint density at radius 2 is 1.03 bits per heavy atom. The van der Waals surface area contributed by atoms with Crippen LogP contribution in [0.5, 0.6) is 11.5 Å². The molecule has 4 nitrogen and oxygen atoms in total. The van der Waals surface area contributed by atoms with Gasteiger partial charge in [0.1, 0.15) is 11.5 Å². The van der Waals surface area contributed by atoms with Gasteiger partial charge < -0.3 is 9.47 Å². The molecule has 0 atom stereocenters. The summed E-state index contributed by atoms with van der Waals surface area (Å²) in [6.07, 6.45) is 14.2. The Kier molecular flexibility index (Phi) is 13.1. The van der Waals surface area contributed by atoms with E-state index in [0.717, 1.165) is 42.4 Å². The molecule has 0 aliphatic carbocycles. The average Bonchev–Trinajstić information content (AvgIpc) is 2.71. The molecular formula is C31H44O4. The molecule has 0 bridgehead atoms. The fourth-order valence-electron chi connectivity index (χ4n) is 3.78. The first-order valence-electron chi connectivity index (χ1n) is 12.5. The fraction of sp³-hybridized carbons (Fsp3) is 0.484. The van der Waals surface area contributed by atoms with Crippen molar-refractivity contribution in [2.24, 2.45) is 0 Å². The lowest BCUT2D eigenvalue weighted by Crippen LogP contribution is -2.10. The third-order valence-corrected chi connectivity index (χ3v) is 5.76. The highest BCUT2D eigenvalue weighted by Crippen LogP contribution is 2.35.